The minimum atomic E-state index is -0.819. The largest absolute Gasteiger partial charge is 0.462 e. The van der Waals surface area contributed by atoms with Gasteiger partial charge in [0.2, 0.25) is 0 Å². The highest BCUT2D eigenvalue weighted by atomic mass is 16.6. The molecule has 0 rings (SSSR count). The van der Waals surface area contributed by atoms with Crippen LogP contribution in [0.4, 0.5) is 0 Å². The van der Waals surface area contributed by atoms with E-state index in [9.17, 15) is 14.4 Å². The monoisotopic (exact) mass is 871 g/mol. The van der Waals surface area contributed by atoms with Crippen molar-refractivity contribution >= 4 is 17.9 Å². The number of unbranched alkanes of at least 4 members (excludes halogenated alkanes) is 16. The van der Waals surface area contributed by atoms with Gasteiger partial charge in [0.1, 0.15) is 13.2 Å². The summed E-state index contributed by atoms with van der Waals surface area (Å²) in [5.41, 5.74) is 0. The number of hydrogen-bond donors (Lipinski definition) is 0. The number of rotatable bonds is 43. The van der Waals surface area contributed by atoms with Crippen LogP contribution < -0.4 is 0 Å². The van der Waals surface area contributed by atoms with Crippen LogP contribution in [-0.4, -0.2) is 37.2 Å². The third kappa shape index (κ3) is 48.7. The molecule has 63 heavy (non-hydrogen) atoms. The van der Waals surface area contributed by atoms with Crippen molar-refractivity contribution in [3.63, 3.8) is 0 Å². The summed E-state index contributed by atoms with van der Waals surface area (Å²) in [5, 5.41) is 0. The van der Waals surface area contributed by atoms with E-state index in [1.54, 1.807) is 0 Å². The second-order valence-corrected chi connectivity index (χ2v) is 16.1. The Hall–Kier alpha value is -4.19. The lowest BCUT2D eigenvalue weighted by atomic mass is 10.1. The molecule has 0 saturated heterocycles. The normalized spacial score (nSPS) is 13.1. The van der Waals surface area contributed by atoms with Crippen molar-refractivity contribution in [3.8, 4) is 0 Å². The molecule has 0 amide bonds. The van der Waals surface area contributed by atoms with E-state index < -0.39 is 6.10 Å². The van der Waals surface area contributed by atoms with Crippen LogP contribution in [0, 0.1) is 0 Å². The van der Waals surface area contributed by atoms with Crippen LogP contribution in [0.15, 0.2) is 122 Å². The van der Waals surface area contributed by atoms with Crippen LogP contribution in [-0.2, 0) is 28.6 Å². The molecule has 6 heteroatoms. The van der Waals surface area contributed by atoms with E-state index >= 15 is 0 Å². The van der Waals surface area contributed by atoms with Gasteiger partial charge < -0.3 is 14.2 Å². The molecule has 0 aliphatic rings. The van der Waals surface area contributed by atoms with Crippen LogP contribution in [0.25, 0.3) is 0 Å². The highest BCUT2D eigenvalue weighted by Gasteiger charge is 2.19. The molecule has 0 aromatic rings. The number of ether oxygens (including phenoxy) is 3. The summed E-state index contributed by atoms with van der Waals surface area (Å²) >= 11 is 0. The Morgan fingerprint density at radius 1 is 0.349 bits per heavy atom. The minimum absolute atomic E-state index is 0.111. The zero-order valence-electron chi connectivity index (χ0n) is 40.3. The molecule has 0 saturated carbocycles. The van der Waals surface area contributed by atoms with Gasteiger partial charge in [0.05, 0.1) is 0 Å². The Bertz CT molecular complexity index is 1370. The predicted octanol–water partition coefficient (Wildman–Crippen LogP) is 16.5. The fourth-order valence-electron chi connectivity index (χ4n) is 6.33. The fraction of sp³-hybridized carbons (Fsp3) is 0.596. The molecule has 0 N–H and O–H groups in total. The summed E-state index contributed by atoms with van der Waals surface area (Å²) < 4.78 is 16.7. The molecule has 0 fully saturated rings. The molecule has 0 spiro atoms. The third-order valence-corrected chi connectivity index (χ3v) is 10.1. The summed E-state index contributed by atoms with van der Waals surface area (Å²) in [7, 11) is 0. The van der Waals surface area contributed by atoms with Gasteiger partial charge >= 0.3 is 17.9 Å². The first kappa shape index (κ1) is 58.8. The summed E-state index contributed by atoms with van der Waals surface area (Å²) in [4.78, 5) is 37.9. The lowest BCUT2D eigenvalue weighted by molar-refractivity contribution is -0.167. The summed E-state index contributed by atoms with van der Waals surface area (Å²) in [6, 6.07) is 0. The van der Waals surface area contributed by atoms with Crippen molar-refractivity contribution in [3.05, 3.63) is 122 Å². The van der Waals surface area contributed by atoms with E-state index in [0.717, 1.165) is 103 Å². The highest BCUT2D eigenvalue weighted by molar-refractivity contribution is 5.71. The van der Waals surface area contributed by atoms with Crippen LogP contribution in [0.3, 0.4) is 0 Å². The molecule has 0 aliphatic heterocycles. The van der Waals surface area contributed by atoms with Crippen molar-refractivity contribution in [1.29, 1.82) is 0 Å². The molecule has 0 aromatic carbocycles. The Morgan fingerprint density at radius 3 is 1.21 bits per heavy atom. The zero-order chi connectivity index (χ0) is 45.8. The van der Waals surface area contributed by atoms with E-state index in [0.29, 0.717) is 19.3 Å². The van der Waals surface area contributed by atoms with Gasteiger partial charge in [0.25, 0.3) is 0 Å². The quantitative estimate of drug-likeness (QED) is 0.0200. The number of hydrogen-bond acceptors (Lipinski definition) is 6. The number of carbonyl (C=O) groups excluding carboxylic acids is 3. The first-order valence-corrected chi connectivity index (χ1v) is 25.1. The Morgan fingerprint density at radius 2 is 0.730 bits per heavy atom. The van der Waals surface area contributed by atoms with Crippen molar-refractivity contribution < 1.29 is 28.6 Å². The smallest absolute Gasteiger partial charge is 0.306 e. The summed E-state index contributed by atoms with van der Waals surface area (Å²) in [5.74, 6) is -1.01. The molecular formula is C57H90O6. The molecule has 0 bridgehead atoms. The average Bonchev–Trinajstić information content (AvgIpc) is 3.28. The topological polar surface area (TPSA) is 78.9 Å². The highest BCUT2D eigenvalue weighted by Crippen LogP contribution is 2.13. The third-order valence-electron chi connectivity index (χ3n) is 10.1. The molecule has 0 heterocycles. The number of esters is 3. The molecule has 1 atom stereocenters. The van der Waals surface area contributed by atoms with Crippen molar-refractivity contribution in [2.75, 3.05) is 13.2 Å². The van der Waals surface area contributed by atoms with Gasteiger partial charge in [0, 0.05) is 19.3 Å². The van der Waals surface area contributed by atoms with E-state index in [1.807, 2.05) is 36.5 Å². The second kappa shape index (κ2) is 50.5. The van der Waals surface area contributed by atoms with Crippen LogP contribution in [0.1, 0.15) is 201 Å². The van der Waals surface area contributed by atoms with E-state index in [-0.39, 0.29) is 37.5 Å². The van der Waals surface area contributed by atoms with E-state index in [1.165, 1.54) is 51.4 Å². The Balaban J connectivity index is 4.53. The van der Waals surface area contributed by atoms with Crippen molar-refractivity contribution in [1.82, 2.24) is 0 Å². The molecule has 0 aliphatic carbocycles. The summed E-state index contributed by atoms with van der Waals surface area (Å²) in [6.07, 6.45) is 68.9. The molecule has 1 unspecified atom stereocenters. The lowest BCUT2D eigenvalue weighted by Crippen LogP contribution is -2.30. The summed E-state index contributed by atoms with van der Waals surface area (Å²) in [6.45, 7) is 6.33. The zero-order valence-corrected chi connectivity index (χ0v) is 40.3. The van der Waals surface area contributed by atoms with Gasteiger partial charge in [-0.05, 0) is 77.0 Å². The van der Waals surface area contributed by atoms with Crippen LogP contribution >= 0.6 is 0 Å². The molecule has 0 radical (unpaired) electrons. The first-order chi connectivity index (χ1) is 31.0. The fourth-order valence-corrected chi connectivity index (χ4v) is 6.33. The maximum Gasteiger partial charge on any atom is 0.306 e. The molecule has 0 aromatic heterocycles. The van der Waals surface area contributed by atoms with Gasteiger partial charge in [-0.1, -0.05) is 226 Å². The Kier molecular flexibility index (Phi) is 47.1. The van der Waals surface area contributed by atoms with Gasteiger partial charge in [-0.15, -0.1) is 0 Å². The van der Waals surface area contributed by atoms with Gasteiger partial charge in [-0.3, -0.25) is 14.4 Å². The van der Waals surface area contributed by atoms with Crippen molar-refractivity contribution in [2.24, 2.45) is 0 Å². The molecule has 354 valence electrons. The standard InChI is InChI=1S/C57H90O6/c1-4-7-10-13-16-19-22-24-26-28-30-31-33-35-38-41-44-47-50-56(59)62-53-54(52-61-55(58)49-46-43-40-37-21-18-15-12-9-6-3)63-57(60)51-48-45-42-39-36-34-32-29-27-25-23-20-17-14-11-8-5-2/h8,10-11,13,16-17,19-20,22,24-28,30-32,34,39,42,54H,4-7,9,12,14-15,18,21,23,29,33,35-38,40-41,43-53H2,1-3H3/b11-8-,13-10-,19-16-,20-17-,24-22-,27-25-,28-26-,31-30-,34-32-,42-39-. The van der Waals surface area contributed by atoms with Gasteiger partial charge in [-0.25, -0.2) is 0 Å². The predicted molar refractivity (Wildman–Crippen MR) is 269 cm³/mol. The Labute approximate surface area is 386 Å². The maximum atomic E-state index is 12.8. The van der Waals surface area contributed by atoms with E-state index in [2.05, 4.69) is 106 Å². The minimum Gasteiger partial charge on any atom is -0.462 e. The van der Waals surface area contributed by atoms with Crippen molar-refractivity contribution in [2.45, 2.75) is 207 Å². The average molecular weight is 871 g/mol. The van der Waals surface area contributed by atoms with Crippen LogP contribution in [0.5, 0.6) is 0 Å². The first-order valence-electron chi connectivity index (χ1n) is 25.1. The van der Waals surface area contributed by atoms with Gasteiger partial charge in [-0.2, -0.15) is 0 Å². The molecule has 6 nitrogen and oxygen atoms in total. The van der Waals surface area contributed by atoms with E-state index in [4.69, 9.17) is 14.2 Å². The molecular weight excluding hydrogens is 781 g/mol. The second-order valence-electron chi connectivity index (χ2n) is 16.1. The SMILES string of the molecule is CC/C=C\C/C=C\C/C=C\C/C=C\C/C=C\CCCC(=O)OC(COC(=O)CCCCCCC\C=C/C=C\C=C/C=C\C=C/CCC)COC(=O)CCCCCCCCCCCC. The van der Waals surface area contributed by atoms with Crippen LogP contribution in [0.2, 0.25) is 0 Å². The maximum absolute atomic E-state index is 12.8. The number of allylic oxidation sites excluding steroid dienone is 20. The number of carbonyl (C=O) groups is 3. The lowest BCUT2D eigenvalue weighted by Gasteiger charge is -2.18. The van der Waals surface area contributed by atoms with Gasteiger partial charge in [0.15, 0.2) is 6.10 Å².